The first-order chi connectivity index (χ1) is 9.60. The van der Waals surface area contributed by atoms with Crippen molar-refractivity contribution in [2.75, 3.05) is 6.26 Å². The largest absolute Gasteiger partial charge is 0.486 e. The number of nitrogens with one attached hydrogen (secondary N) is 1. The van der Waals surface area contributed by atoms with E-state index in [9.17, 15) is 0 Å². The fourth-order valence-electron chi connectivity index (χ4n) is 3.52. The van der Waals surface area contributed by atoms with Crippen LogP contribution >= 0.6 is 11.8 Å². The van der Waals surface area contributed by atoms with Crippen LogP contribution in [0.25, 0.3) is 0 Å². The molecule has 0 bridgehead atoms. The van der Waals surface area contributed by atoms with Crippen molar-refractivity contribution < 1.29 is 4.74 Å². The molecule has 1 unspecified atom stereocenters. The first kappa shape index (κ1) is 14.3. The van der Waals surface area contributed by atoms with Crippen LogP contribution in [0.5, 0.6) is 5.75 Å². The highest BCUT2D eigenvalue weighted by molar-refractivity contribution is 7.99. The summed E-state index contributed by atoms with van der Waals surface area (Å²) in [6.45, 7) is 4.39. The van der Waals surface area contributed by atoms with Crippen molar-refractivity contribution in [1.29, 1.82) is 0 Å². The average molecular weight is 291 g/mol. The third-order valence-corrected chi connectivity index (χ3v) is 5.85. The molecule has 1 aliphatic carbocycles. The first-order valence-corrected chi connectivity index (χ1v) is 8.96. The fourth-order valence-corrected chi connectivity index (χ4v) is 4.26. The molecule has 2 aliphatic rings. The molecular weight excluding hydrogens is 266 g/mol. The van der Waals surface area contributed by atoms with Crippen molar-refractivity contribution in [1.82, 2.24) is 5.32 Å². The van der Waals surface area contributed by atoms with Crippen LogP contribution in [0.4, 0.5) is 0 Å². The normalized spacial score (nSPS) is 31.6. The Labute approximate surface area is 126 Å². The van der Waals surface area contributed by atoms with Gasteiger partial charge in [-0.1, -0.05) is 18.2 Å². The Morgan fingerprint density at radius 1 is 1.15 bits per heavy atom. The Kier molecular flexibility index (Phi) is 4.00. The molecule has 110 valence electrons. The topological polar surface area (TPSA) is 21.3 Å². The molecular formula is C17H25NOS. The maximum absolute atomic E-state index is 6.12. The van der Waals surface area contributed by atoms with Crippen molar-refractivity contribution in [3.63, 3.8) is 0 Å². The van der Waals surface area contributed by atoms with Crippen LogP contribution in [0.3, 0.4) is 0 Å². The molecule has 0 radical (unpaired) electrons. The molecule has 1 fully saturated rings. The van der Waals surface area contributed by atoms with E-state index >= 15 is 0 Å². The van der Waals surface area contributed by atoms with Gasteiger partial charge in [-0.3, -0.25) is 0 Å². The number of hydrogen-bond donors (Lipinski definition) is 1. The number of benzene rings is 1. The zero-order chi connectivity index (χ0) is 14.2. The SMILES string of the molecule is CSC1CCC(NC2c3ccccc3OC2(C)C)CC1. The van der Waals surface area contributed by atoms with Gasteiger partial charge in [0.2, 0.25) is 0 Å². The van der Waals surface area contributed by atoms with Gasteiger partial charge in [-0.05, 0) is 51.9 Å². The van der Waals surface area contributed by atoms with E-state index in [0.29, 0.717) is 12.1 Å². The molecule has 20 heavy (non-hydrogen) atoms. The number of fused-ring (bicyclic) bond motifs is 1. The lowest BCUT2D eigenvalue weighted by molar-refractivity contribution is 0.0880. The van der Waals surface area contributed by atoms with Gasteiger partial charge in [0.05, 0.1) is 6.04 Å². The molecule has 1 saturated carbocycles. The minimum absolute atomic E-state index is 0.153. The molecule has 2 nitrogen and oxygen atoms in total. The zero-order valence-electron chi connectivity index (χ0n) is 12.7. The molecule has 0 aromatic heterocycles. The second kappa shape index (κ2) is 5.61. The van der Waals surface area contributed by atoms with Crippen LogP contribution in [0.15, 0.2) is 24.3 Å². The zero-order valence-corrected chi connectivity index (χ0v) is 13.5. The predicted molar refractivity (Wildman–Crippen MR) is 86.6 cm³/mol. The van der Waals surface area contributed by atoms with E-state index in [2.05, 4.69) is 49.7 Å². The molecule has 0 saturated heterocycles. The van der Waals surface area contributed by atoms with Crippen LogP contribution in [-0.2, 0) is 0 Å². The summed E-state index contributed by atoms with van der Waals surface area (Å²) in [5, 5.41) is 4.74. The monoisotopic (exact) mass is 291 g/mol. The van der Waals surface area contributed by atoms with E-state index in [1.165, 1.54) is 31.2 Å². The van der Waals surface area contributed by atoms with Gasteiger partial charge in [0.1, 0.15) is 11.4 Å². The number of rotatable bonds is 3. The summed E-state index contributed by atoms with van der Waals surface area (Å²) in [5.41, 5.74) is 1.17. The van der Waals surface area contributed by atoms with Crippen LogP contribution in [0.1, 0.15) is 51.1 Å². The lowest BCUT2D eigenvalue weighted by Gasteiger charge is -2.34. The van der Waals surface area contributed by atoms with Gasteiger partial charge in [0.15, 0.2) is 0 Å². The van der Waals surface area contributed by atoms with Gasteiger partial charge >= 0.3 is 0 Å². The van der Waals surface area contributed by atoms with Gasteiger partial charge in [0.25, 0.3) is 0 Å². The summed E-state index contributed by atoms with van der Waals surface area (Å²) >= 11 is 2.03. The van der Waals surface area contributed by atoms with Gasteiger partial charge in [-0.25, -0.2) is 0 Å². The lowest BCUT2D eigenvalue weighted by Crippen LogP contribution is -2.45. The second-order valence-electron chi connectivity index (χ2n) is 6.55. The summed E-state index contributed by atoms with van der Waals surface area (Å²) in [4.78, 5) is 0. The van der Waals surface area contributed by atoms with Crippen LogP contribution in [0.2, 0.25) is 0 Å². The maximum atomic E-state index is 6.12. The van der Waals surface area contributed by atoms with Gasteiger partial charge in [0, 0.05) is 16.9 Å². The van der Waals surface area contributed by atoms with E-state index in [1.54, 1.807) is 0 Å². The van der Waals surface area contributed by atoms with Gasteiger partial charge in [-0.15, -0.1) is 0 Å². The third-order valence-electron chi connectivity index (χ3n) is 4.71. The van der Waals surface area contributed by atoms with E-state index in [0.717, 1.165) is 11.0 Å². The lowest BCUT2D eigenvalue weighted by atomic mass is 9.89. The highest BCUT2D eigenvalue weighted by atomic mass is 32.2. The van der Waals surface area contributed by atoms with Gasteiger partial charge < -0.3 is 10.1 Å². The second-order valence-corrected chi connectivity index (χ2v) is 7.69. The summed E-state index contributed by atoms with van der Waals surface area (Å²) in [6.07, 6.45) is 7.51. The molecule has 3 heteroatoms. The smallest absolute Gasteiger partial charge is 0.125 e. The molecule has 0 spiro atoms. The molecule has 1 aromatic rings. The van der Waals surface area contributed by atoms with Crippen molar-refractivity contribution in [2.45, 2.75) is 62.5 Å². The van der Waals surface area contributed by atoms with E-state index in [1.807, 2.05) is 11.8 Å². The molecule has 1 aromatic carbocycles. The van der Waals surface area contributed by atoms with E-state index in [-0.39, 0.29) is 5.60 Å². The Bertz CT molecular complexity index is 466. The van der Waals surface area contributed by atoms with Gasteiger partial charge in [-0.2, -0.15) is 11.8 Å². The highest BCUT2D eigenvalue weighted by Gasteiger charge is 2.42. The Morgan fingerprint density at radius 2 is 1.85 bits per heavy atom. The average Bonchev–Trinajstić information content (AvgIpc) is 2.70. The fraction of sp³-hybridized carbons (Fsp3) is 0.647. The van der Waals surface area contributed by atoms with Crippen LogP contribution in [-0.4, -0.2) is 23.1 Å². The number of ether oxygens (including phenoxy) is 1. The highest BCUT2D eigenvalue weighted by Crippen LogP contribution is 2.43. The van der Waals surface area contributed by atoms with Crippen molar-refractivity contribution in [2.24, 2.45) is 0 Å². The van der Waals surface area contributed by atoms with Crippen molar-refractivity contribution in [3.8, 4) is 5.75 Å². The summed E-state index contributed by atoms with van der Waals surface area (Å²) in [5.74, 6) is 1.05. The van der Waals surface area contributed by atoms with E-state index in [4.69, 9.17) is 4.74 Å². The van der Waals surface area contributed by atoms with E-state index < -0.39 is 0 Å². The third kappa shape index (κ3) is 2.71. The molecule has 3 rings (SSSR count). The Balaban J connectivity index is 1.70. The maximum Gasteiger partial charge on any atom is 0.125 e. The summed E-state index contributed by atoms with van der Waals surface area (Å²) in [7, 11) is 0. The van der Waals surface area contributed by atoms with Crippen LogP contribution < -0.4 is 10.1 Å². The molecule has 1 heterocycles. The van der Waals surface area contributed by atoms with Crippen LogP contribution in [0, 0.1) is 0 Å². The Hall–Kier alpha value is -0.670. The summed E-state index contributed by atoms with van der Waals surface area (Å²) < 4.78 is 6.12. The number of thioether (sulfide) groups is 1. The summed E-state index contributed by atoms with van der Waals surface area (Å²) in [6, 6.07) is 9.41. The number of hydrogen-bond acceptors (Lipinski definition) is 3. The Morgan fingerprint density at radius 3 is 2.55 bits per heavy atom. The number of para-hydroxylation sites is 1. The van der Waals surface area contributed by atoms with Crippen molar-refractivity contribution in [3.05, 3.63) is 29.8 Å². The molecule has 0 amide bonds. The quantitative estimate of drug-likeness (QED) is 0.903. The predicted octanol–water partition coefficient (Wildman–Crippen LogP) is 4.16. The first-order valence-electron chi connectivity index (χ1n) is 7.67. The minimum atomic E-state index is -0.153. The molecule has 1 atom stereocenters. The molecule has 1 aliphatic heterocycles. The molecule has 1 N–H and O–H groups in total. The minimum Gasteiger partial charge on any atom is -0.486 e. The standard InChI is InChI=1S/C17H25NOS/c1-17(2)16(14-6-4-5-7-15(14)19-17)18-12-8-10-13(20-3)11-9-12/h4-7,12-13,16,18H,8-11H2,1-3H3. The van der Waals surface area contributed by atoms with Crippen molar-refractivity contribution >= 4 is 11.8 Å².